The maximum absolute atomic E-state index is 13.6. The topological polar surface area (TPSA) is 171 Å². The zero-order valence-electron chi connectivity index (χ0n) is 23.6. The molecule has 0 spiro atoms. The van der Waals surface area contributed by atoms with E-state index in [1.54, 1.807) is 36.4 Å². The van der Waals surface area contributed by atoms with Crippen LogP contribution >= 0.6 is 0 Å². The van der Waals surface area contributed by atoms with Gasteiger partial charge in [-0.15, -0.1) is 0 Å². The monoisotopic (exact) mass is 554 g/mol. The van der Waals surface area contributed by atoms with Crippen molar-refractivity contribution in [2.24, 2.45) is 17.6 Å². The number of aliphatic carboxylic acids is 1. The molecule has 0 aliphatic carbocycles. The molecule has 2 aromatic rings. The minimum absolute atomic E-state index is 0.0171. The van der Waals surface area contributed by atoms with Crippen molar-refractivity contribution in [3.63, 3.8) is 0 Å². The highest BCUT2D eigenvalue weighted by Gasteiger charge is 2.31. The third-order valence-corrected chi connectivity index (χ3v) is 6.31. The summed E-state index contributed by atoms with van der Waals surface area (Å²) >= 11 is 0. The van der Waals surface area contributed by atoms with E-state index >= 15 is 0 Å². The maximum atomic E-state index is 13.6. The van der Waals surface area contributed by atoms with Crippen molar-refractivity contribution in [1.29, 1.82) is 0 Å². The lowest BCUT2D eigenvalue weighted by Gasteiger charge is -2.26. The summed E-state index contributed by atoms with van der Waals surface area (Å²) in [6.07, 6.45) is 0.835. The zero-order valence-corrected chi connectivity index (χ0v) is 23.6. The average molecular weight is 555 g/mol. The number of carbonyl (C=O) groups excluding carboxylic acids is 3. The highest BCUT2D eigenvalue weighted by molar-refractivity contribution is 5.94. The summed E-state index contributed by atoms with van der Waals surface area (Å²) in [5, 5.41) is 27.3. The van der Waals surface area contributed by atoms with Crippen molar-refractivity contribution in [3.8, 4) is 5.75 Å². The van der Waals surface area contributed by atoms with Gasteiger partial charge in [0.2, 0.25) is 17.7 Å². The van der Waals surface area contributed by atoms with Crippen LogP contribution in [0.1, 0.15) is 51.7 Å². The molecule has 40 heavy (non-hydrogen) atoms. The lowest BCUT2D eigenvalue weighted by molar-refractivity contribution is -0.142. The van der Waals surface area contributed by atoms with Gasteiger partial charge in [-0.1, -0.05) is 70.2 Å². The molecule has 0 radical (unpaired) electrons. The van der Waals surface area contributed by atoms with Crippen LogP contribution < -0.4 is 21.7 Å². The molecule has 218 valence electrons. The maximum Gasteiger partial charge on any atom is 0.326 e. The molecule has 10 heteroatoms. The van der Waals surface area contributed by atoms with Gasteiger partial charge in [-0.05, 0) is 47.9 Å². The SMILES string of the molecule is CC(C)CC(N)C(=O)NC(Cc1ccc(O)cc1)C(=O)NC(Cc1ccccc1)C(=O)NC(CC(C)C)C(=O)O. The van der Waals surface area contributed by atoms with Gasteiger partial charge in [-0.2, -0.15) is 0 Å². The van der Waals surface area contributed by atoms with Crippen molar-refractivity contribution in [3.05, 3.63) is 65.7 Å². The van der Waals surface area contributed by atoms with Crippen LogP contribution in [0.3, 0.4) is 0 Å². The quantitative estimate of drug-likeness (QED) is 0.196. The van der Waals surface area contributed by atoms with Gasteiger partial charge in [-0.3, -0.25) is 14.4 Å². The fourth-order valence-corrected chi connectivity index (χ4v) is 4.27. The molecule has 4 unspecified atom stereocenters. The van der Waals surface area contributed by atoms with E-state index in [1.807, 2.05) is 33.8 Å². The number of hydrogen-bond donors (Lipinski definition) is 6. The molecule has 4 atom stereocenters. The minimum atomic E-state index is -1.16. The third kappa shape index (κ3) is 11.1. The summed E-state index contributed by atoms with van der Waals surface area (Å²) in [5.74, 6) is -2.69. The molecule has 0 aliphatic rings. The highest BCUT2D eigenvalue weighted by atomic mass is 16.4. The highest BCUT2D eigenvalue weighted by Crippen LogP contribution is 2.13. The molecule has 0 bridgehead atoms. The Labute approximate surface area is 235 Å². The smallest absolute Gasteiger partial charge is 0.326 e. The van der Waals surface area contributed by atoms with Crippen LogP contribution in [0.4, 0.5) is 0 Å². The van der Waals surface area contributed by atoms with E-state index in [0.717, 1.165) is 5.56 Å². The van der Waals surface area contributed by atoms with Crippen LogP contribution in [0.5, 0.6) is 5.75 Å². The second-order valence-corrected chi connectivity index (χ2v) is 10.9. The summed E-state index contributed by atoms with van der Waals surface area (Å²) in [4.78, 5) is 51.6. The average Bonchev–Trinajstić information content (AvgIpc) is 2.88. The molecule has 0 heterocycles. The van der Waals surface area contributed by atoms with E-state index in [4.69, 9.17) is 5.73 Å². The number of benzene rings is 2. The van der Waals surface area contributed by atoms with E-state index in [1.165, 1.54) is 12.1 Å². The van der Waals surface area contributed by atoms with Gasteiger partial charge >= 0.3 is 5.97 Å². The van der Waals surface area contributed by atoms with Gasteiger partial charge in [0, 0.05) is 12.8 Å². The Hall–Kier alpha value is -3.92. The van der Waals surface area contributed by atoms with Crippen molar-refractivity contribution < 1.29 is 29.4 Å². The molecular formula is C30H42N4O6. The fraction of sp³-hybridized carbons (Fsp3) is 0.467. The van der Waals surface area contributed by atoms with Gasteiger partial charge in [-0.25, -0.2) is 4.79 Å². The number of carboxylic acids is 1. The molecule has 7 N–H and O–H groups in total. The Bertz CT molecular complexity index is 1120. The largest absolute Gasteiger partial charge is 0.508 e. The van der Waals surface area contributed by atoms with E-state index in [0.29, 0.717) is 12.0 Å². The number of rotatable bonds is 15. The minimum Gasteiger partial charge on any atom is -0.508 e. The molecule has 10 nitrogen and oxygen atoms in total. The van der Waals surface area contributed by atoms with Gasteiger partial charge in [0.05, 0.1) is 6.04 Å². The van der Waals surface area contributed by atoms with Crippen molar-refractivity contribution in [2.75, 3.05) is 0 Å². The van der Waals surface area contributed by atoms with Gasteiger partial charge < -0.3 is 31.9 Å². The first-order valence-corrected chi connectivity index (χ1v) is 13.6. The number of carbonyl (C=O) groups is 4. The summed E-state index contributed by atoms with van der Waals surface area (Å²) < 4.78 is 0. The number of carboxylic acid groups (broad SMARTS) is 1. The third-order valence-electron chi connectivity index (χ3n) is 6.31. The van der Waals surface area contributed by atoms with E-state index in [9.17, 15) is 29.4 Å². The van der Waals surface area contributed by atoms with Crippen LogP contribution in [-0.4, -0.2) is 58.1 Å². The Balaban J connectivity index is 2.32. The molecule has 0 aromatic heterocycles. The number of nitrogens with one attached hydrogen (secondary N) is 3. The van der Waals surface area contributed by atoms with Gasteiger partial charge in [0.25, 0.3) is 0 Å². The number of phenols is 1. The van der Waals surface area contributed by atoms with Crippen molar-refractivity contribution in [2.45, 2.75) is 77.5 Å². The van der Waals surface area contributed by atoms with Gasteiger partial charge in [0.1, 0.15) is 23.9 Å². The lowest BCUT2D eigenvalue weighted by Crippen LogP contribution is -2.58. The summed E-state index contributed by atoms with van der Waals surface area (Å²) in [7, 11) is 0. The van der Waals surface area contributed by atoms with Crippen molar-refractivity contribution >= 4 is 23.7 Å². The second-order valence-electron chi connectivity index (χ2n) is 10.9. The van der Waals surface area contributed by atoms with E-state index < -0.39 is 47.9 Å². The van der Waals surface area contributed by atoms with Crippen LogP contribution in [-0.2, 0) is 32.0 Å². The van der Waals surface area contributed by atoms with Crippen LogP contribution in [0.25, 0.3) is 0 Å². The summed E-state index contributed by atoms with van der Waals surface area (Å²) in [5.41, 5.74) is 7.49. The molecule has 0 saturated heterocycles. The van der Waals surface area contributed by atoms with Crippen molar-refractivity contribution in [1.82, 2.24) is 16.0 Å². The second kappa shape index (κ2) is 15.6. The first-order valence-electron chi connectivity index (χ1n) is 13.6. The molecular weight excluding hydrogens is 512 g/mol. The van der Waals surface area contributed by atoms with Crippen LogP contribution in [0, 0.1) is 11.8 Å². The number of hydrogen-bond acceptors (Lipinski definition) is 6. The number of amides is 3. The molecule has 2 rings (SSSR count). The standard InChI is InChI=1S/C30H42N4O6/c1-18(2)14-23(31)27(36)32-24(17-21-10-12-22(35)13-11-21)28(37)33-25(16-20-8-6-5-7-9-20)29(38)34-26(30(39)40)15-19(3)4/h5-13,18-19,23-26,35H,14-17,31H2,1-4H3,(H,32,36)(H,33,37)(H,34,38)(H,39,40). The number of aromatic hydroxyl groups is 1. The molecule has 2 aromatic carbocycles. The summed E-state index contributed by atoms with van der Waals surface area (Å²) in [6, 6.07) is 11.1. The number of phenolic OH excluding ortho intramolecular Hbond substituents is 1. The van der Waals surface area contributed by atoms with E-state index in [2.05, 4.69) is 16.0 Å². The van der Waals surface area contributed by atoms with Gasteiger partial charge in [0.15, 0.2) is 0 Å². The Morgan fingerprint density at radius 2 is 1.12 bits per heavy atom. The predicted molar refractivity (Wildman–Crippen MR) is 152 cm³/mol. The fourth-order valence-electron chi connectivity index (χ4n) is 4.27. The number of nitrogens with two attached hydrogens (primary N) is 1. The first kappa shape index (κ1) is 32.3. The predicted octanol–water partition coefficient (Wildman–Crippen LogP) is 2.14. The molecule has 3 amide bonds. The molecule has 0 aliphatic heterocycles. The Kier molecular flexibility index (Phi) is 12.6. The lowest BCUT2D eigenvalue weighted by atomic mass is 10.00. The Morgan fingerprint density at radius 1 is 0.675 bits per heavy atom. The zero-order chi connectivity index (χ0) is 29.8. The first-order chi connectivity index (χ1) is 18.8. The van der Waals surface area contributed by atoms with Crippen LogP contribution in [0.15, 0.2) is 54.6 Å². The molecule has 0 fully saturated rings. The Morgan fingerprint density at radius 3 is 1.60 bits per heavy atom. The molecule has 0 saturated carbocycles. The van der Waals surface area contributed by atoms with Crippen LogP contribution in [0.2, 0.25) is 0 Å². The normalized spacial score (nSPS) is 14.2. The summed E-state index contributed by atoms with van der Waals surface area (Å²) in [6.45, 7) is 7.58. The van der Waals surface area contributed by atoms with E-state index in [-0.39, 0.29) is 36.8 Å².